The number of amides is 1. The van der Waals surface area contributed by atoms with Gasteiger partial charge in [-0.15, -0.1) is 0 Å². The largest absolute Gasteiger partial charge is 0.493 e. The number of carbonyl (C=O) groups is 2. The van der Waals surface area contributed by atoms with Gasteiger partial charge in [0.25, 0.3) is 0 Å². The van der Waals surface area contributed by atoms with Crippen LogP contribution in [0.1, 0.15) is 16.7 Å². The molecule has 0 heterocycles. The number of carboxylic acid groups (broad SMARTS) is 1. The number of nitrogens with one attached hydrogen (secondary N) is 1. The third-order valence-electron chi connectivity index (χ3n) is 4.91. The van der Waals surface area contributed by atoms with E-state index in [1.807, 2.05) is 48.5 Å². The van der Waals surface area contributed by atoms with E-state index < -0.39 is 17.9 Å². The number of carbonyl (C=O) groups excluding carboxylic acids is 1. The van der Waals surface area contributed by atoms with Gasteiger partial charge in [-0.2, -0.15) is 0 Å². The van der Waals surface area contributed by atoms with Gasteiger partial charge in [-0.3, -0.25) is 4.79 Å². The van der Waals surface area contributed by atoms with E-state index in [0.717, 1.165) is 11.1 Å². The summed E-state index contributed by atoms with van der Waals surface area (Å²) in [6.45, 7) is 0.254. The smallest absolute Gasteiger partial charge is 0.326 e. The molecule has 0 saturated carbocycles. The maximum Gasteiger partial charge on any atom is 0.326 e. The van der Waals surface area contributed by atoms with Crippen LogP contribution in [0, 0.1) is 0 Å². The maximum atomic E-state index is 12.4. The van der Waals surface area contributed by atoms with Crippen molar-refractivity contribution in [3.63, 3.8) is 0 Å². The van der Waals surface area contributed by atoms with E-state index in [-0.39, 0.29) is 13.0 Å². The van der Waals surface area contributed by atoms with Gasteiger partial charge in [0.15, 0.2) is 11.5 Å². The highest BCUT2D eigenvalue weighted by Gasteiger charge is 2.19. The van der Waals surface area contributed by atoms with Crippen LogP contribution in [0.4, 0.5) is 0 Å². The molecule has 1 unspecified atom stereocenters. The van der Waals surface area contributed by atoms with Crippen LogP contribution < -0.4 is 14.8 Å². The highest BCUT2D eigenvalue weighted by atomic mass is 79.9. The van der Waals surface area contributed by atoms with Crippen molar-refractivity contribution in [3.8, 4) is 11.5 Å². The number of hydrogen-bond donors (Lipinski definition) is 2. The highest BCUT2D eigenvalue weighted by Crippen LogP contribution is 2.37. The summed E-state index contributed by atoms with van der Waals surface area (Å²) >= 11 is 9.68. The van der Waals surface area contributed by atoms with E-state index in [9.17, 15) is 14.7 Å². The number of rotatable bonds is 10. The Labute approximate surface area is 211 Å². The van der Waals surface area contributed by atoms with Crippen LogP contribution >= 0.6 is 27.5 Å². The van der Waals surface area contributed by atoms with Gasteiger partial charge in [-0.1, -0.05) is 60.1 Å². The molecule has 0 saturated heterocycles. The Morgan fingerprint density at radius 1 is 1.12 bits per heavy atom. The van der Waals surface area contributed by atoms with Crippen LogP contribution in [0.15, 0.2) is 77.3 Å². The third-order valence-corrected chi connectivity index (χ3v) is 5.86. The summed E-state index contributed by atoms with van der Waals surface area (Å²) in [5.41, 5.74) is 2.32. The molecule has 0 aromatic heterocycles. The Balaban J connectivity index is 1.68. The molecule has 0 fully saturated rings. The molecule has 34 heavy (non-hydrogen) atoms. The van der Waals surface area contributed by atoms with Crippen LogP contribution in [-0.4, -0.2) is 30.1 Å². The number of hydrogen-bond acceptors (Lipinski definition) is 4. The van der Waals surface area contributed by atoms with Gasteiger partial charge in [0.1, 0.15) is 12.6 Å². The van der Waals surface area contributed by atoms with E-state index in [2.05, 4.69) is 21.2 Å². The first-order valence-electron chi connectivity index (χ1n) is 10.4. The van der Waals surface area contributed by atoms with Crippen LogP contribution in [0.3, 0.4) is 0 Å². The van der Waals surface area contributed by atoms with Crippen molar-refractivity contribution in [1.29, 1.82) is 0 Å². The lowest BCUT2D eigenvalue weighted by molar-refractivity contribution is -0.141. The van der Waals surface area contributed by atoms with Crippen molar-refractivity contribution in [2.75, 3.05) is 7.11 Å². The fourth-order valence-electron chi connectivity index (χ4n) is 3.18. The minimum Gasteiger partial charge on any atom is -0.493 e. The van der Waals surface area contributed by atoms with Gasteiger partial charge in [-0.25, -0.2) is 4.79 Å². The average molecular weight is 545 g/mol. The normalized spacial score (nSPS) is 11.7. The molecule has 0 aliphatic carbocycles. The predicted octanol–water partition coefficient (Wildman–Crippen LogP) is 5.52. The fraction of sp³-hybridized carbons (Fsp3) is 0.154. The number of methoxy groups -OCH3 is 1. The molecule has 3 aromatic rings. The molecular formula is C26H23BrClNO5. The van der Waals surface area contributed by atoms with Crippen molar-refractivity contribution in [2.24, 2.45) is 0 Å². The summed E-state index contributed by atoms with van der Waals surface area (Å²) in [5.74, 6) is -0.653. The van der Waals surface area contributed by atoms with Crippen molar-refractivity contribution in [3.05, 3.63) is 99.0 Å². The summed E-state index contributed by atoms with van der Waals surface area (Å²) in [7, 11) is 1.52. The Hall–Kier alpha value is -3.29. The summed E-state index contributed by atoms with van der Waals surface area (Å²) < 4.78 is 12.0. The molecule has 0 radical (unpaired) electrons. The van der Waals surface area contributed by atoms with Gasteiger partial charge < -0.3 is 19.9 Å². The summed E-state index contributed by atoms with van der Waals surface area (Å²) in [4.78, 5) is 24.0. The number of aliphatic carboxylic acids is 1. The van der Waals surface area contributed by atoms with Gasteiger partial charge in [-0.05, 0) is 51.3 Å². The minimum absolute atomic E-state index is 0.187. The summed E-state index contributed by atoms with van der Waals surface area (Å²) in [5, 5.41) is 12.6. The number of benzene rings is 3. The summed E-state index contributed by atoms with van der Waals surface area (Å²) in [6.07, 6.45) is 3.04. The van der Waals surface area contributed by atoms with E-state index >= 15 is 0 Å². The summed E-state index contributed by atoms with van der Waals surface area (Å²) in [6, 6.07) is 19.0. The topological polar surface area (TPSA) is 84.9 Å². The first-order valence-corrected chi connectivity index (χ1v) is 11.5. The van der Waals surface area contributed by atoms with Crippen molar-refractivity contribution >= 4 is 45.5 Å². The van der Waals surface area contributed by atoms with E-state index in [0.29, 0.717) is 26.6 Å². The van der Waals surface area contributed by atoms with E-state index in [1.165, 1.54) is 13.2 Å². The van der Waals surface area contributed by atoms with Crippen molar-refractivity contribution in [2.45, 2.75) is 19.1 Å². The maximum absolute atomic E-state index is 12.4. The van der Waals surface area contributed by atoms with Gasteiger partial charge >= 0.3 is 5.97 Å². The molecule has 2 N–H and O–H groups in total. The van der Waals surface area contributed by atoms with E-state index in [1.54, 1.807) is 24.3 Å². The van der Waals surface area contributed by atoms with Crippen LogP contribution in [0.25, 0.3) is 6.08 Å². The lowest BCUT2D eigenvalue weighted by Gasteiger charge is -2.14. The standard InChI is InChI=1S/C26H23BrClNO5/c1-33-23-15-18(13-20(27)25(23)34-16-19-9-5-6-10-21(19)28)11-12-24(30)29-22(26(31)32)14-17-7-3-2-4-8-17/h2-13,15,22H,14,16H2,1H3,(H,29,30)(H,31,32)/b12-11+. The number of ether oxygens (including phenoxy) is 2. The minimum atomic E-state index is -1.10. The second kappa shape index (κ2) is 12.3. The molecule has 0 aliphatic heterocycles. The molecule has 6 nitrogen and oxygen atoms in total. The van der Waals surface area contributed by atoms with E-state index in [4.69, 9.17) is 21.1 Å². The van der Waals surface area contributed by atoms with Crippen molar-refractivity contribution < 1.29 is 24.2 Å². The molecule has 3 rings (SSSR count). The molecule has 1 atom stereocenters. The Morgan fingerprint density at radius 2 is 1.82 bits per heavy atom. The molecule has 0 spiro atoms. The third kappa shape index (κ3) is 7.10. The fourth-order valence-corrected chi connectivity index (χ4v) is 3.95. The molecule has 0 bridgehead atoms. The molecule has 0 aliphatic rings. The Morgan fingerprint density at radius 3 is 2.50 bits per heavy atom. The molecule has 3 aromatic carbocycles. The van der Waals surface area contributed by atoms with Gasteiger partial charge in [0.05, 0.1) is 11.6 Å². The predicted molar refractivity (Wildman–Crippen MR) is 135 cm³/mol. The lowest BCUT2D eigenvalue weighted by Crippen LogP contribution is -2.41. The first kappa shape index (κ1) is 25.3. The molecule has 8 heteroatoms. The van der Waals surface area contributed by atoms with Crippen molar-refractivity contribution in [1.82, 2.24) is 5.32 Å². The quantitative estimate of drug-likeness (QED) is 0.329. The number of carboxylic acids is 1. The van der Waals surface area contributed by atoms with Gasteiger partial charge in [0.2, 0.25) is 5.91 Å². The molecule has 176 valence electrons. The monoisotopic (exact) mass is 543 g/mol. The van der Waals surface area contributed by atoms with Crippen LogP contribution in [-0.2, 0) is 22.6 Å². The van der Waals surface area contributed by atoms with Gasteiger partial charge in [0, 0.05) is 23.1 Å². The zero-order valence-electron chi connectivity index (χ0n) is 18.3. The first-order chi connectivity index (χ1) is 16.4. The van der Waals surface area contributed by atoms with Crippen LogP contribution in [0.5, 0.6) is 11.5 Å². The Bertz CT molecular complexity index is 1180. The Kier molecular flexibility index (Phi) is 9.13. The zero-order chi connectivity index (χ0) is 24.5. The second-order valence-corrected chi connectivity index (χ2v) is 8.60. The van der Waals surface area contributed by atoms with Crippen LogP contribution in [0.2, 0.25) is 5.02 Å². The average Bonchev–Trinajstić information content (AvgIpc) is 2.83. The molecular weight excluding hydrogens is 522 g/mol. The molecule has 1 amide bonds. The SMILES string of the molecule is COc1cc(/C=C/C(=O)NC(Cc2ccccc2)C(=O)O)cc(Br)c1OCc1ccccc1Cl. The number of halogens is 2. The highest BCUT2D eigenvalue weighted by molar-refractivity contribution is 9.10. The second-order valence-electron chi connectivity index (χ2n) is 7.34. The zero-order valence-corrected chi connectivity index (χ0v) is 20.7. The lowest BCUT2D eigenvalue weighted by atomic mass is 10.1.